The number of carbonyl (C=O) groups excluding carboxylic acids is 1. The number of rotatable bonds is 4. The maximum atomic E-state index is 12.5. The molecular formula is C18H13ClN4O4. The van der Waals surface area contributed by atoms with Crippen LogP contribution in [0.4, 0.5) is 5.69 Å². The molecular weight excluding hydrogens is 372 g/mol. The average molecular weight is 385 g/mol. The van der Waals surface area contributed by atoms with Crippen LogP contribution in [0, 0.1) is 17.0 Å². The number of para-hydroxylation sites is 1. The standard InChI is InChI=1S/C18H13ClN4O4/c1-10-6-14(13-4-2-3-5-15(13)21-10)18(25)22-20-9-11-7-12(19)8-16(17(11)24)23(26)27/h2-9,24H,1H3,(H,22,25)/b20-9+. The van der Waals surface area contributed by atoms with E-state index in [4.69, 9.17) is 11.6 Å². The zero-order chi connectivity index (χ0) is 19.6. The molecule has 2 N–H and O–H groups in total. The number of amides is 1. The Morgan fingerprint density at radius 3 is 2.81 bits per heavy atom. The number of hydrogen-bond acceptors (Lipinski definition) is 6. The van der Waals surface area contributed by atoms with E-state index in [9.17, 15) is 20.0 Å². The van der Waals surface area contributed by atoms with Gasteiger partial charge in [0.1, 0.15) is 0 Å². The number of carbonyl (C=O) groups is 1. The highest BCUT2D eigenvalue weighted by Gasteiger charge is 2.18. The van der Waals surface area contributed by atoms with Crippen LogP contribution >= 0.6 is 11.6 Å². The van der Waals surface area contributed by atoms with Crippen molar-refractivity contribution in [2.75, 3.05) is 0 Å². The molecule has 0 aliphatic carbocycles. The van der Waals surface area contributed by atoms with Crippen LogP contribution in [0.1, 0.15) is 21.6 Å². The molecule has 0 bridgehead atoms. The molecule has 0 fully saturated rings. The Morgan fingerprint density at radius 2 is 2.07 bits per heavy atom. The van der Waals surface area contributed by atoms with Gasteiger partial charge in [-0.05, 0) is 25.1 Å². The summed E-state index contributed by atoms with van der Waals surface area (Å²) >= 11 is 5.81. The number of nitro groups is 1. The summed E-state index contributed by atoms with van der Waals surface area (Å²) in [7, 11) is 0. The largest absolute Gasteiger partial charge is 0.502 e. The van der Waals surface area contributed by atoms with Crippen molar-refractivity contribution in [3.05, 3.63) is 74.4 Å². The van der Waals surface area contributed by atoms with Crippen LogP contribution in [0.15, 0.2) is 47.6 Å². The zero-order valence-electron chi connectivity index (χ0n) is 14.0. The van der Waals surface area contributed by atoms with Crippen molar-refractivity contribution >= 4 is 40.3 Å². The second-order valence-corrected chi connectivity index (χ2v) is 6.08. The summed E-state index contributed by atoms with van der Waals surface area (Å²) in [5.74, 6) is -1.07. The molecule has 0 saturated heterocycles. The third kappa shape index (κ3) is 3.85. The molecule has 0 radical (unpaired) electrons. The summed E-state index contributed by atoms with van der Waals surface area (Å²) < 4.78 is 0. The summed E-state index contributed by atoms with van der Waals surface area (Å²) in [5, 5.41) is 25.3. The third-order valence-corrected chi connectivity index (χ3v) is 3.96. The summed E-state index contributed by atoms with van der Waals surface area (Å²) in [6, 6.07) is 11.1. The van der Waals surface area contributed by atoms with E-state index >= 15 is 0 Å². The molecule has 3 aromatic rings. The number of hydrogen-bond donors (Lipinski definition) is 2. The SMILES string of the molecule is Cc1cc(C(=O)N/N=C/c2cc(Cl)cc([N+](=O)[O-])c2O)c2ccccc2n1. The van der Waals surface area contributed by atoms with Gasteiger partial charge in [-0.2, -0.15) is 5.10 Å². The van der Waals surface area contributed by atoms with Gasteiger partial charge in [0.15, 0.2) is 0 Å². The fourth-order valence-corrected chi connectivity index (χ4v) is 2.78. The highest BCUT2D eigenvalue weighted by atomic mass is 35.5. The maximum absolute atomic E-state index is 12.5. The molecule has 0 aliphatic rings. The molecule has 9 heteroatoms. The fraction of sp³-hybridized carbons (Fsp3) is 0.0556. The van der Waals surface area contributed by atoms with E-state index in [2.05, 4.69) is 15.5 Å². The van der Waals surface area contributed by atoms with Gasteiger partial charge in [-0.1, -0.05) is 29.8 Å². The van der Waals surface area contributed by atoms with Crippen LogP contribution in [0.2, 0.25) is 5.02 Å². The second-order valence-electron chi connectivity index (χ2n) is 5.65. The molecule has 0 aliphatic heterocycles. The number of nitrogens with zero attached hydrogens (tertiary/aromatic N) is 3. The van der Waals surface area contributed by atoms with Crippen LogP contribution in [-0.4, -0.2) is 27.1 Å². The van der Waals surface area contributed by atoms with Crippen LogP contribution < -0.4 is 5.43 Å². The van der Waals surface area contributed by atoms with Crippen LogP contribution in [-0.2, 0) is 0 Å². The molecule has 8 nitrogen and oxygen atoms in total. The lowest BCUT2D eigenvalue weighted by Gasteiger charge is -2.06. The number of pyridine rings is 1. The fourth-order valence-electron chi connectivity index (χ4n) is 2.56. The van der Waals surface area contributed by atoms with Gasteiger partial charge < -0.3 is 5.11 Å². The summed E-state index contributed by atoms with van der Waals surface area (Å²) in [5.41, 5.74) is 3.53. The van der Waals surface area contributed by atoms with Crippen LogP contribution in [0.25, 0.3) is 10.9 Å². The monoisotopic (exact) mass is 384 g/mol. The number of phenols is 1. The molecule has 1 amide bonds. The molecule has 3 rings (SSSR count). The van der Waals surface area contributed by atoms with E-state index < -0.39 is 22.3 Å². The molecule has 27 heavy (non-hydrogen) atoms. The lowest BCUT2D eigenvalue weighted by atomic mass is 10.1. The van der Waals surface area contributed by atoms with Crippen molar-refractivity contribution in [1.29, 1.82) is 0 Å². The minimum atomic E-state index is -0.761. The number of aryl methyl sites for hydroxylation is 1. The summed E-state index contributed by atoms with van der Waals surface area (Å²) in [6.45, 7) is 1.77. The first kappa shape index (κ1) is 18.3. The normalized spacial score (nSPS) is 11.0. The number of nitrogens with one attached hydrogen (secondary N) is 1. The van der Waals surface area contributed by atoms with Gasteiger partial charge in [-0.3, -0.25) is 19.9 Å². The summed E-state index contributed by atoms with van der Waals surface area (Å²) in [6.07, 6.45) is 1.09. The third-order valence-electron chi connectivity index (χ3n) is 3.74. The lowest BCUT2D eigenvalue weighted by molar-refractivity contribution is -0.385. The van der Waals surface area contributed by atoms with E-state index in [1.54, 1.807) is 31.2 Å². The van der Waals surface area contributed by atoms with E-state index in [0.29, 0.717) is 22.2 Å². The Kier molecular flexibility index (Phi) is 5.00. The molecule has 0 spiro atoms. The molecule has 0 unspecified atom stereocenters. The molecule has 1 aromatic heterocycles. The van der Waals surface area contributed by atoms with Gasteiger partial charge in [0.2, 0.25) is 5.75 Å². The molecule has 0 atom stereocenters. The maximum Gasteiger partial charge on any atom is 0.312 e. The Morgan fingerprint density at radius 1 is 1.33 bits per heavy atom. The quantitative estimate of drug-likeness (QED) is 0.405. The van der Waals surface area contributed by atoms with E-state index in [1.807, 2.05) is 6.07 Å². The minimum absolute atomic E-state index is 0.00488. The molecule has 1 heterocycles. The summed E-state index contributed by atoms with van der Waals surface area (Å²) in [4.78, 5) is 27.0. The van der Waals surface area contributed by atoms with Crippen molar-refractivity contribution in [3.8, 4) is 5.75 Å². The van der Waals surface area contributed by atoms with Gasteiger partial charge in [-0.25, -0.2) is 5.43 Å². The van der Waals surface area contributed by atoms with Gasteiger partial charge in [0.25, 0.3) is 5.91 Å². The van der Waals surface area contributed by atoms with Crippen LogP contribution in [0.5, 0.6) is 5.75 Å². The zero-order valence-corrected chi connectivity index (χ0v) is 14.8. The Balaban J connectivity index is 1.88. The van der Waals surface area contributed by atoms with E-state index in [-0.39, 0.29) is 10.6 Å². The van der Waals surface area contributed by atoms with Gasteiger partial charge >= 0.3 is 5.69 Å². The number of fused-ring (bicyclic) bond motifs is 1. The van der Waals surface area contributed by atoms with E-state index in [1.165, 1.54) is 6.07 Å². The first-order valence-electron chi connectivity index (χ1n) is 7.73. The number of nitro benzene ring substituents is 1. The van der Waals surface area contributed by atoms with Crippen molar-refractivity contribution in [3.63, 3.8) is 0 Å². The van der Waals surface area contributed by atoms with Crippen molar-refractivity contribution in [1.82, 2.24) is 10.4 Å². The number of aromatic nitrogens is 1. The minimum Gasteiger partial charge on any atom is -0.502 e. The highest BCUT2D eigenvalue weighted by molar-refractivity contribution is 6.31. The first-order chi connectivity index (χ1) is 12.9. The Bertz CT molecular complexity index is 1100. The number of benzene rings is 2. The Hall–Kier alpha value is -3.52. The first-order valence-corrected chi connectivity index (χ1v) is 8.11. The number of halogens is 1. The van der Waals surface area contributed by atoms with Gasteiger partial charge in [-0.15, -0.1) is 0 Å². The predicted octanol–water partition coefficient (Wildman–Crippen LogP) is 3.57. The van der Waals surface area contributed by atoms with Gasteiger partial charge in [0.05, 0.1) is 22.2 Å². The second kappa shape index (κ2) is 7.38. The number of aromatic hydroxyl groups is 1. The number of phenolic OH excluding ortho intramolecular Hbond substituents is 1. The van der Waals surface area contributed by atoms with Gasteiger partial charge in [0, 0.05) is 27.7 Å². The van der Waals surface area contributed by atoms with E-state index in [0.717, 1.165) is 12.3 Å². The van der Waals surface area contributed by atoms with Crippen molar-refractivity contribution in [2.24, 2.45) is 5.10 Å². The van der Waals surface area contributed by atoms with Crippen molar-refractivity contribution < 1.29 is 14.8 Å². The Labute approximate surface area is 158 Å². The van der Waals surface area contributed by atoms with Crippen LogP contribution in [0.3, 0.4) is 0 Å². The number of hydrazone groups is 1. The topological polar surface area (TPSA) is 118 Å². The van der Waals surface area contributed by atoms with Crippen molar-refractivity contribution in [2.45, 2.75) is 6.92 Å². The smallest absolute Gasteiger partial charge is 0.312 e. The molecule has 2 aromatic carbocycles. The predicted molar refractivity (Wildman–Crippen MR) is 101 cm³/mol. The average Bonchev–Trinajstić information content (AvgIpc) is 2.63. The molecule has 136 valence electrons. The highest BCUT2D eigenvalue weighted by Crippen LogP contribution is 2.32. The lowest BCUT2D eigenvalue weighted by Crippen LogP contribution is -2.18. The molecule has 0 saturated carbocycles.